The van der Waals surface area contributed by atoms with Crippen molar-refractivity contribution in [3.63, 3.8) is 0 Å². The average molecular weight is 404 g/mol. The lowest BCUT2D eigenvalue weighted by atomic mass is 10.1. The Hall–Kier alpha value is -3.63. The molecule has 30 heavy (non-hydrogen) atoms. The van der Waals surface area contributed by atoms with Gasteiger partial charge in [0.2, 0.25) is 0 Å². The number of nitrogens with one attached hydrogen (secondary N) is 2. The molecular weight excluding hydrogens is 383 g/mol. The van der Waals surface area contributed by atoms with Crippen molar-refractivity contribution in [1.82, 2.24) is 14.9 Å². The van der Waals surface area contributed by atoms with Crippen LogP contribution in [-0.4, -0.2) is 47.0 Å². The first-order valence-corrected chi connectivity index (χ1v) is 9.75. The number of aromatic nitrogens is 2. The zero-order valence-corrected chi connectivity index (χ0v) is 16.3. The Labute approximate surface area is 174 Å². The van der Waals surface area contributed by atoms with Gasteiger partial charge in [0.15, 0.2) is 0 Å². The normalized spacial score (nSPS) is 13.1. The minimum atomic E-state index is -0.483. The Morgan fingerprint density at radius 1 is 1.23 bits per heavy atom. The van der Waals surface area contributed by atoms with Crippen molar-refractivity contribution in [3.05, 3.63) is 66.2 Å². The fourth-order valence-electron chi connectivity index (χ4n) is 3.03. The van der Waals surface area contributed by atoms with Gasteiger partial charge in [-0.1, -0.05) is 5.92 Å². The summed E-state index contributed by atoms with van der Waals surface area (Å²) in [5, 5.41) is 2.79. The second kappa shape index (κ2) is 9.25. The minimum absolute atomic E-state index is 0.347. The molecule has 2 aromatic carbocycles. The molecule has 7 heteroatoms. The van der Waals surface area contributed by atoms with Crippen LogP contribution in [0.5, 0.6) is 5.75 Å². The number of hydrogen-bond acceptors (Lipinski definition) is 4. The Morgan fingerprint density at radius 3 is 2.77 bits per heavy atom. The van der Waals surface area contributed by atoms with Crippen LogP contribution in [0.25, 0.3) is 11.4 Å². The van der Waals surface area contributed by atoms with Gasteiger partial charge < -0.3 is 15.0 Å². The molecule has 2 N–H and O–H groups in total. The first kappa shape index (κ1) is 19.7. The number of benzene rings is 2. The van der Waals surface area contributed by atoms with Crippen LogP contribution in [0, 0.1) is 17.7 Å². The van der Waals surface area contributed by atoms with Gasteiger partial charge in [-0.25, -0.2) is 9.37 Å². The van der Waals surface area contributed by atoms with Crippen molar-refractivity contribution >= 4 is 11.6 Å². The molecule has 0 radical (unpaired) electrons. The van der Waals surface area contributed by atoms with E-state index in [1.165, 1.54) is 30.7 Å². The highest BCUT2D eigenvalue weighted by Crippen LogP contribution is 2.29. The van der Waals surface area contributed by atoms with Crippen molar-refractivity contribution in [2.45, 2.75) is 6.42 Å². The maximum atomic E-state index is 13.0. The number of likely N-dealkylation sites (tertiary alicyclic amines) is 1. The molecule has 2 heterocycles. The first-order chi connectivity index (χ1) is 14.7. The first-order valence-electron chi connectivity index (χ1n) is 9.75. The van der Waals surface area contributed by atoms with E-state index in [2.05, 4.69) is 32.0 Å². The second-order valence-electron chi connectivity index (χ2n) is 6.90. The van der Waals surface area contributed by atoms with Crippen molar-refractivity contribution in [2.24, 2.45) is 0 Å². The van der Waals surface area contributed by atoms with Gasteiger partial charge >= 0.3 is 5.91 Å². The topological polar surface area (TPSA) is 70.2 Å². The van der Waals surface area contributed by atoms with E-state index in [-0.39, 0.29) is 5.82 Å². The lowest BCUT2D eigenvalue weighted by Gasteiger charge is -2.30. The number of carbonyl (C=O) groups excluding carboxylic acids is 1. The van der Waals surface area contributed by atoms with E-state index >= 15 is 0 Å². The summed E-state index contributed by atoms with van der Waals surface area (Å²) < 4.78 is 18.9. The molecular formula is C23H21FN4O2. The van der Waals surface area contributed by atoms with E-state index < -0.39 is 5.91 Å². The van der Waals surface area contributed by atoms with E-state index in [4.69, 9.17) is 4.74 Å². The number of nitrogens with zero attached hydrogens (tertiary/aromatic N) is 2. The maximum Gasteiger partial charge on any atom is 0.300 e. The molecule has 4 rings (SSSR count). The van der Waals surface area contributed by atoms with E-state index in [1.807, 2.05) is 12.1 Å². The highest BCUT2D eigenvalue weighted by atomic mass is 19.1. The van der Waals surface area contributed by atoms with E-state index in [0.717, 1.165) is 25.2 Å². The van der Waals surface area contributed by atoms with Gasteiger partial charge in [-0.2, -0.15) is 0 Å². The van der Waals surface area contributed by atoms with E-state index in [9.17, 15) is 9.18 Å². The highest BCUT2D eigenvalue weighted by Gasteiger charge is 2.14. The van der Waals surface area contributed by atoms with Gasteiger partial charge in [0, 0.05) is 36.0 Å². The third-order valence-corrected chi connectivity index (χ3v) is 4.78. The number of halogens is 1. The van der Waals surface area contributed by atoms with Crippen molar-refractivity contribution in [3.8, 4) is 29.0 Å². The summed E-state index contributed by atoms with van der Waals surface area (Å²) in [6.45, 7) is 3.58. The molecule has 1 aliphatic heterocycles. The number of amides is 1. The summed E-state index contributed by atoms with van der Waals surface area (Å²) in [6.07, 6.45) is 4.63. The summed E-state index contributed by atoms with van der Waals surface area (Å²) >= 11 is 0. The minimum Gasteiger partial charge on any atom is -0.490 e. The quantitative estimate of drug-likeness (QED) is 0.619. The fourth-order valence-corrected chi connectivity index (χ4v) is 3.03. The van der Waals surface area contributed by atoms with Crippen LogP contribution in [-0.2, 0) is 4.79 Å². The lowest BCUT2D eigenvalue weighted by molar-refractivity contribution is -0.111. The molecule has 0 saturated carbocycles. The summed E-state index contributed by atoms with van der Waals surface area (Å²) in [6, 6.07) is 11.2. The molecule has 1 aromatic heterocycles. The Kier molecular flexibility index (Phi) is 6.06. The number of hydrogen-bond donors (Lipinski definition) is 2. The zero-order chi connectivity index (χ0) is 20.8. The third kappa shape index (κ3) is 5.04. The molecule has 0 spiro atoms. The van der Waals surface area contributed by atoms with Gasteiger partial charge in [0.25, 0.3) is 0 Å². The van der Waals surface area contributed by atoms with E-state index in [0.29, 0.717) is 29.4 Å². The Morgan fingerprint density at radius 2 is 2.07 bits per heavy atom. The molecule has 3 aromatic rings. The molecule has 6 nitrogen and oxygen atoms in total. The average Bonchev–Trinajstić information content (AvgIpc) is 3.25. The predicted octanol–water partition coefficient (Wildman–Crippen LogP) is 3.29. The van der Waals surface area contributed by atoms with Crippen LogP contribution < -0.4 is 10.1 Å². The van der Waals surface area contributed by atoms with E-state index in [1.54, 1.807) is 18.5 Å². The number of H-pyrrole nitrogens is 1. The third-order valence-electron chi connectivity index (χ3n) is 4.78. The summed E-state index contributed by atoms with van der Waals surface area (Å²) in [5.74, 6) is 5.69. The highest BCUT2D eigenvalue weighted by molar-refractivity contribution is 6.05. The molecule has 0 atom stereocenters. The van der Waals surface area contributed by atoms with Gasteiger partial charge in [0.1, 0.15) is 24.0 Å². The van der Waals surface area contributed by atoms with Crippen LogP contribution in [0.1, 0.15) is 12.0 Å². The van der Waals surface area contributed by atoms with Crippen LogP contribution in [0.3, 0.4) is 0 Å². The SMILES string of the molecule is O=C(C#Cc1ccc(F)cc1)Nc1cc(-c2ncc[nH]2)ccc1OCCN1CCC1. The molecule has 0 unspecified atom stereocenters. The number of carbonyl (C=O) groups is 1. The summed E-state index contributed by atoms with van der Waals surface area (Å²) in [5.41, 5.74) is 1.89. The fraction of sp³-hybridized carbons (Fsp3) is 0.217. The molecule has 1 aliphatic rings. The molecule has 0 aliphatic carbocycles. The molecule has 1 saturated heterocycles. The van der Waals surface area contributed by atoms with Crippen molar-refractivity contribution in [2.75, 3.05) is 31.6 Å². The second-order valence-corrected chi connectivity index (χ2v) is 6.90. The molecule has 1 fully saturated rings. The monoisotopic (exact) mass is 404 g/mol. The van der Waals surface area contributed by atoms with Gasteiger partial charge in [-0.05, 0) is 62.0 Å². The van der Waals surface area contributed by atoms with Crippen LogP contribution in [0.2, 0.25) is 0 Å². The maximum absolute atomic E-state index is 13.0. The number of ether oxygens (including phenoxy) is 1. The van der Waals surface area contributed by atoms with Crippen molar-refractivity contribution < 1.29 is 13.9 Å². The standard InChI is InChI=1S/C23H21FN4O2/c24-19-6-2-17(3-7-19)4-9-22(29)27-20-16-18(23-25-10-11-26-23)5-8-21(20)30-15-14-28-12-1-13-28/h2-3,5-8,10-11,16H,1,12-15H2,(H,25,26)(H,27,29). The number of aromatic amines is 1. The van der Waals surface area contributed by atoms with Crippen LogP contribution in [0.15, 0.2) is 54.9 Å². The zero-order valence-electron chi connectivity index (χ0n) is 16.3. The summed E-state index contributed by atoms with van der Waals surface area (Å²) in [4.78, 5) is 22.0. The lowest BCUT2D eigenvalue weighted by Crippen LogP contribution is -2.39. The smallest absolute Gasteiger partial charge is 0.300 e. The molecule has 1 amide bonds. The predicted molar refractivity (Wildman–Crippen MR) is 112 cm³/mol. The van der Waals surface area contributed by atoms with Gasteiger partial charge in [-0.15, -0.1) is 0 Å². The summed E-state index contributed by atoms with van der Waals surface area (Å²) in [7, 11) is 0. The van der Waals surface area contributed by atoms with Gasteiger partial charge in [0.05, 0.1) is 5.69 Å². The Bertz CT molecular complexity index is 1060. The van der Waals surface area contributed by atoms with Crippen LogP contribution in [0.4, 0.5) is 10.1 Å². The Balaban J connectivity index is 1.49. The number of rotatable bonds is 6. The van der Waals surface area contributed by atoms with Crippen molar-refractivity contribution in [1.29, 1.82) is 0 Å². The number of imidazole rings is 1. The largest absolute Gasteiger partial charge is 0.490 e. The molecule has 0 bridgehead atoms. The van der Waals surface area contributed by atoms with Crippen LogP contribution >= 0.6 is 0 Å². The molecule has 152 valence electrons. The number of anilines is 1. The van der Waals surface area contributed by atoms with Gasteiger partial charge in [-0.3, -0.25) is 9.69 Å².